The fourth-order valence-electron chi connectivity index (χ4n) is 2.53. The molecule has 0 unspecified atom stereocenters. The monoisotopic (exact) mass is 311 g/mol. The Morgan fingerprint density at radius 2 is 1.91 bits per heavy atom. The second-order valence-electron chi connectivity index (χ2n) is 5.68. The number of anilines is 1. The Bertz CT molecular complexity index is 742. The number of nitro groups is 1. The normalized spacial score (nSPS) is 13.6. The van der Waals surface area contributed by atoms with Gasteiger partial charge in [0.1, 0.15) is 5.69 Å². The predicted molar refractivity (Wildman–Crippen MR) is 86.8 cm³/mol. The lowest BCUT2D eigenvalue weighted by atomic mass is 10.1. The van der Waals surface area contributed by atoms with E-state index >= 15 is 0 Å². The molecule has 0 aromatic heterocycles. The lowest BCUT2D eigenvalue weighted by Crippen LogP contribution is -2.32. The van der Waals surface area contributed by atoms with Gasteiger partial charge in [-0.25, -0.2) is 0 Å². The Kier molecular flexibility index (Phi) is 3.97. The first-order valence-corrected chi connectivity index (χ1v) is 7.45. The molecule has 1 amide bonds. The molecule has 0 saturated heterocycles. The molecule has 0 heterocycles. The standard InChI is InChI=1S/C17H17N3O3/c18-15-9-6-13(10-16(15)20(22)23)17(21)19(14-7-8-14)11-12-4-2-1-3-5-12/h1-6,9-10,14H,7-8,11,18H2. The molecule has 2 aromatic carbocycles. The van der Waals surface area contributed by atoms with Gasteiger partial charge < -0.3 is 10.6 Å². The van der Waals surface area contributed by atoms with Gasteiger partial charge in [0.15, 0.2) is 0 Å². The van der Waals surface area contributed by atoms with Crippen molar-refractivity contribution in [3.05, 3.63) is 69.8 Å². The molecule has 23 heavy (non-hydrogen) atoms. The summed E-state index contributed by atoms with van der Waals surface area (Å²) in [5, 5.41) is 11.0. The molecule has 1 aliphatic carbocycles. The molecular weight excluding hydrogens is 294 g/mol. The van der Waals surface area contributed by atoms with Gasteiger partial charge in [0.05, 0.1) is 4.92 Å². The number of nitrogens with two attached hydrogens (primary N) is 1. The highest BCUT2D eigenvalue weighted by molar-refractivity contribution is 5.96. The van der Waals surface area contributed by atoms with Gasteiger partial charge in [0.25, 0.3) is 11.6 Å². The summed E-state index contributed by atoms with van der Waals surface area (Å²) in [6.45, 7) is 0.502. The second kappa shape index (κ2) is 6.08. The zero-order chi connectivity index (χ0) is 16.4. The molecule has 2 aromatic rings. The summed E-state index contributed by atoms with van der Waals surface area (Å²) in [5.74, 6) is -0.195. The zero-order valence-corrected chi connectivity index (χ0v) is 12.5. The number of rotatable bonds is 5. The molecule has 2 N–H and O–H groups in total. The van der Waals surface area contributed by atoms with Gasteiger partial charge in [-0.05, 0) is 30.5 Å². The molecule has 0 aliphatic heterocycles. The van der Waals surface area contributed by atoms with Crippen LogP contribution < -0.4 is 5.73 Å². The van der Waals surface area contributed by atoms with Gasteiger partial charge in [0, 0.05) is 24.2 Å². The second-order valence-corrected chi connectivity index (χ2v) is 5.68. The fraction of sp³-hybridized carbons (Fsp3) is 0.235. The fourth-order valence-corrected chi connectivity index (χ4v) is 2.53. The number of carbonyl (C=O) groups excluding carboxylic acids is 1. The van der Waals surface area contributed by atoms with Crippen molar-refractivity contribution in [1.82, 2.24) is 4.90 Å². The quantitative estimate of drug-likeness (QED) is 0.522. The van der Waals surface area contributed by atoms with Crippen molar-refractivity contribution in [2.24, 2.45) is 0 Å². The van der Waals surface area contributed by atoms with Crippen LogP contribution in [0, 0.1) is 10.1 Å². The van der Waals surface area contributed by atoms with Gasteiger partial charge in [-0.3, -0.25) is 14.9 Å². The van der Waals surface area contributed by atoms with E-state index in [0.29, 0.717) is 12.1 Å². The SMILES string of the molecule is Nc1ccc(C(=O)N(Cc2ccccc2)C2CC2)cc1[N+](=O)[O-]. The first kappa shape index (κ1) is 15.0. The largest absolute Gasteiger partial charge is 0.393 e. The molecule has 1 saturated carbocycles. The molecule has 0 radical (unpaired) electrons. The van der Waals surface area contributed by atoms with Crippen LogP contribution in [-0.2, 0) is 6.54 Å². The summed E-state index contributed by atoms with van der Waals surface area (Å²) < 4.78 is 0. The van der Waals surface area contributed by atoms with E-state index < -0.39 is 4.92 Å². The van der Waals surface area contributed by atoms with E-state index in [9.17, 15) is 14.9 Å². The van der Waals surface area contributed by atoms with Crippen molar-refractivity contribution in [2.45, 2.75) is 25.4 Å². The van der Waals surface area contributed by atoms with Crippen LogP contribution >= 0.6 is 0 Å². The Hall–Kier alpha value is -2.89. The Labute approximate surface area is 133 Å². The first-order chi connectivity index (χ1) is 11.1. The van der Waals surface area contributed by atoms with Crippen molar-refractivity contribution < 1.29 is 9.72 Å². The minimum atomic E-state index is -0.565. The summed E-state index contributed by atoms with van der Waals surface area (Å²) in [6.07, 6.45) is 1.94. The van der Waals surface area contributed by atoms with Gasteiger partial charge in [-0.2, -0.15) is 0 Å². The summed E-state index contributed by atoms with van der Waals surface area (Å²) in [4.78, 5) is 25.0. The molecule has 0 spiro atoms. The van der Waals surface area contributed by atoms with Crippen molar-refractivity contribution in [3.63, 3.8) is 0 Å². The Balaban J connectivity index is 1.87. The zero-order valence-electron chi connectivity index (χ0n) is 12.5. The summed E-state index contributed by atoms with van der Waals surface area (Å²) in [7, 11) is 0. The lowest BCUT2D eigenvalue weighted by molar-refractivity contribution is -0.383. The number of benzene rings is 2. The average molecular weight is 311 g/mol. The molecule has 6 nitrogen and oxygen atoms in total. The predicted octanol–water partition coefficient (Wildman–Crippen LogP) is 2.98. The maximum absolute atomic E-state index is 12.8. The topological polar surface area (TPSA) is 89.5 Å². The van der Waals surface area contributed by atoms with E-state index in [1.807, 2.05) is 30.3 Å². The number of nitro benzene ring substituents is 1. The number of nitrogens with zero attached hydrogens (tertiary/aromatic N) is 2. The Morgan fingerprint density at radius 3 is 2.52 bits per heavy atom. The molecule has 118 valence electrons. The molecule has 0 atom stereocenters. The van der Waals surface area contributed by atoms with Crippen molar-refractivity contribution in [2.75, 3.05) is 5.73 Å². The minimum Gasteiger partial charge on any atom is -0.393 e. The van der Waals surface area contributed by atoms with Crippen LogP contribution in [-0.4, -0.2) is 21.8 Å². The molecule has 1 fully saturated rings. The van der Waals surface area contributed by atoms with Gasteiger partial charge >= 0.3 is 0 Å². The van der Waals surface area contributed by atoms with E-state index in [0.717, 1.165) is 18.4 Å². The first-order valence-electron chi connectivity index (χ1n) is 7.45. The lowest BCUT2D eigenvalue weighted by Gasteiger charge is -2.22. The smallest absolute Gasteiger partial charge is 0.292 e. The van der Waals surface area contributed by atoms with Crippen LogP contribution in [0.25, 0.3) is 0 Å². The van der Waals surface area contributed by atoms with Crippen molar-refractivity contribution in [1.29, 1.82) is 0 Å². The Morgan fingerprint density at radius 1 is 1.22 bits per heavy atom. The third-order valence-electron chi connectivity index (χ3n) is 3.92. The number of carbonyl (C=O) groups is 1. The maximum atomic E-state index is 12.8. The van der Waals surface area contributed by atoms with E-state index in [-0.39, 0.29) is 23.3 Å². The van der Waals surface area contributed by atoms with E-state index in [1.54, 1.807) is 11.0 Å². The van der Waals surface area contributed by atoms with Crippen molar-refractivity contribution in [3.8, 4) is 0 Å². The molecule has 0 bridgehead atoms. The third-order valence-corrected chi connectivity index (χ3v) is 3.92. The van der Waals surface area contributed by atoms with Crippen LogP contribution in [0.4, 0.5) is 11.4 Å². The summed E-state index contributed by atoms with van der Waals surface area (Å²) >= 11 is 0. The number of nitrogen functional groups attached to an aromatic ring is 1. The maximum Gasteiger partial charge on any atom is 0.292 e. The van der Waals surface area contributed by atoms with Crippen LogP contribution in [0.5, 0.6) is 0 Å². The van der Waals surface area contributed by atoms with Gasteiger partial charge in [-0.1, -0.05) is 30.3 Å². The molecule has 3 rings (SSSR count). The van der Waals surface area contributed by atoms with Crippen LogP contribution in [0.3, 0.4) is 0 Å². The van der Waals surface area contributed by atoms with Crippen LogP contribution in [0.2, 0.25) is 0 Å². The molecule has 6 heteroatoms. The number of hydrogen-bond acceptors (Lipinski definition) is 4. The minimum absolute atomic E-state index is 0.0626. The van der Waals surface area contributed by atoms with E-state index in [2.05, 4.69) is 0 Å². The number of hydrogen-bond donors (Lipinski definition) is 1. The molecular formula is C17H17N3O3. The highest BCUT2D eigenvalue weighted by atomic mass is 16.6. The third kappa shape index (κ3) is 3.31. The van der Waals surface area contributed by atoms with Gasteiger partial charge in [-0.15, -0.1) is 0 Å². The van der Waals surface area contributed by atoms with Crippen molar-refractivity contribution >= 4 is 17.3 Å². The van der Waals surface area contributed by atoms with Crippen LogP contribution in [0.1, 0.15) is 28.8 Å². The van der Waals surface area contributed by atoms with E-state index in [1.165, 1.54) is 12.1 Å². The number of amides is 1. The summed E-state index contributed by atoms with van der Waals surface area (Å²) in [5.41, 5.74) is 6.77. The summed E-state index contributed by atoms with van der Waals surface area (Å²) in [6, 6.07) is 14.2. The van der Waals surface area contributed by atoms with Crippen LogP contribution in [0.15, 0.2) is 48.5 Å². The highest BCUT2D eigenvalue weighted by Crippen LogP contribution is 2.31. The van der Waals surface area contributed by atoms with E-state index in [4.69, 9.17) is 5.73 Å². The highest BCUT2D eigenvalue weighted by Gasteiger charge is 2.33. The average Bonchev–Trinajstić information content (AvgIpc) is 3.38. The molecule has 1 aliphatic rings. The van der Waals surface area contributed by atoms with Gasteiger partial charge in [0.2, 0.25) is 0 Å².